The molecule has 0 aliphatic rings. The van der Waals surface area contributed by atoms with Crippen LogP contribution in [0.4, 0.5) is 24.5 Å². The molecule has 0 saturated carbocycles. The first-order valence-corrected chi connectivity index (χ1v) is 11.2. The van der Waals surface area contributed by atoms with Crippen molar-refractivity contribution in [2.75, 3.05) is 17.7 Å². The van der Waals surface area contributed by atoms with Crippen LogP contribution in [0.3, 0.4) is 0 Å². The highest BCUT2D eigenvalue weighted by atomic mass is 35.5. The van der Waals surface area contributed by atoms with E-state index in [1.807, 2.05) is 30.3 Å². The summed E-state index contributed by atoms with van der Waals surface area (Å²) >= 11 is 6.31. The second-order valence-corrected chi connectivity index (χ2v) is 8.24. The van der Waals surface area contributed by atoms with Gasteiger partial charge >= 0.3 is 6.18 Å². The summed E-state index contributed by atoms with van der Waals surface area (Å²) in [7, 11) is 1.26. The number of carbonyl (C=O) groups excluding carboxylic acids is 1. The molecule has 9 heteroatoms. The molecule has 0 aliphatic carbocycles. The zero-order valence-corrected chi connectivity index (χ0v) is 19.8. The molecule has 0 atom stereocenters. The number of hydrogen-bond donors (Lipinski definition) is 2. The number of carbonyl (C=O) groups is 1. The van der Waals surface area contributed by atoms with E-state index >= 15 is 0 Å². The Hall–Kier alpha value is -4.04. The third kappa shape index (κ3) is 5.95. The Morgan fingerprint density at radius 1 is 1.00 bits per heavy atom. The Labute approximate surface area is 210 Å². The van der Waals surface area contributed by atoms with Gasteiger partial charge in [-0.1, -0.05) is 48.0 Å². The zero-order valence-electron chi connectivity index (χ0n) is 19.1. The number of pyridine rings is 1. The van der Waals surface area contributed by atoms with Crippen LogP contribution in [0.15, 0.2) is 85.1 Å². The van der Waals surface area contributed by atoms with Crippen molar-refractivity contribution in [2.24, 2.45) is 0 Å². The molecular weight excluding hydrogens is 491 g/mol. The molecule has 0 spiro atoms. The lowest BCUT2D eigenvalue weighted by Crippen LogP contribution is -2.16. The number of ether oxygens (including phenoxy) is 1. The van der Waals surface area contributed by atoms with Crippen LogP contribution in [0.2, 0.25) is 5.02 Å². The number of benzene rings is 3. The Morgan fingerprint density at radius 2 is 1.78 bits per heavy atom. The van der Waals surface area contributed by atoms with E-state index in [1.54, 1.807) is 36.5 Å². The maximum absolute atomic E-state index is 13.3. The van der Waals surface area contributed by atoms with Crippen LogP contribution in [0.5, 0.6) is 5.75 Å². The fourth-order valence-electron chi connectivity index (χ4n) is 3.58. The summed E-state index contributed by atoms with van der Waals surface area (Å²) in [6.07, 6.45) is -2.99. The number of rotatable bonds is 7. The summed E-state index contributed by atoms with van der Waals surface area (Å²) in [6.45, 7) is 0.415. The van der Waals surface area contributed by atoms with Crippen LogP contribution < -0.4 is 15.4 Å². The molecule has 1 heterocycles. The van der Waals surface area contributed by atoms with Gasteiger partial charge < -0.3 is 15.4 Å². The Balaban J connectivity index is 1.69. The summed E-state index contributed by atoms with van der Waals surface area (Å²) in [5, 5.41) is 6.25. The van der Waals surface area contributed by atoms with Crippen molar-refractivity contribution in [3.05, 3.63) is 107 Å². The highest BCUT2D eigenvalue weighted by Crippen LogP contribution is 2.35. The smallest absolute Gasteiger partial charge is 0.416 e. The molecule has 1 aromatic heterocycles. The minimum Gasteiger partial charge on any atom is -0.497 e. The molecule has 36 heavy (non-hydrogen) atoms. The average molecular weight is 512 g/mol. The number of methoxy groups -OCH3 is 1. The van der Waals surface area contributed by atoms with E-state index in [4.69, 9.17) is 16.3 Å². The van der Waals surface area contributed by atoms with Gasteiger partial charge in [0.25, 0.3) is 5.91 Å². The van der Waals surface area contributed by atoms with Crippen molar-refractivity contribution in [1.29, 1.82) is 0 Å². The lowest BCUT2D eigenvalue weighted by molar-refractivity contribution is -0.137. The summed E-state index contributed by atoms with van der Waals surface area (Å²) in [4.78, 5) is 17.5. The van der Waals surface area contributed by atoms with E-state index in [-0.39, 0.29) is 17.0 Å². The normalized spacial score (nSPS) is 11.1. The van der Waals surface area contributed by atoms with Crippen LogP contribution in [0.1, 0.15) is 21.5 Å². The average Bonchev–Trinajstić information content (AvgIpc) is 2.87. The predicted molar refractivity (Wildman–Crippen MR) is 134 cm³/mol. The third-order valence-corrected chi connectivity index (χ3v) is 5.65. The quantitative estimate of drug-likeness (QED) is 0.273. The van der Waals surface area contributed by atoms with Gasteiger partial charge in [0.1, 0.15) is 5.75 Å². The van der Waals surface area contributed by atoms with Gasteiger partial charge in [-0.25, -0.2) is 0 Å². The Bertz CT molecular complexity index is 1380. The monoisotopic (exact) mass is 511 g/mol. The Kier molecular flexibility index (Phi) is 7.45. The number of anilines is 2. The second kappa shape index (κ2) is 10.7. The lowest BCUT2D eigenvalue weighted by atomic mass is 10.0. The molecule has 1 amide bonds. The first-order chi connectivity index (χ1) is 17.2. The van der Waals surface area contributed by atoms with Crippen LogP contribution in [0, 0.1) is 0 Å². The number of aromatic nitrogens is 1. The molecule has 0 aliphatic heterocycles. The highest BCUT2D eigenvalue weighted by Gasteiger charge is 2.31. The van der Waals surface area contributed by atoms with Crippen molar-refractivity contribution in [1.82, 2.24) is 4.98 Å². The van der Waals surface area contributed by atoms with Gasteiger partial charge in [0, 0.05) is 35.7 Å². The molecule has 4 aromatic rings. The fourth-order valence-corrected chi connectivity index (χ4v) is 3.81. The third-order valence-electron chi connectivity index (χ3n) is 5.35. The van der Waals surface area contributed by atoms with E-state index in [9.17, 15) is 18.0 Å². The fraction of sp³-hybridized carbons (Fsp3) is 0.111. The second-order valence-electron chi connectivity index (χ2n) is 7.84. The molecule has 0 fully saturated rings. The van der Waals surface area contributed by atoms with Crippen molar-refractivity contribution in [3.63, 3.8) is 0 Å². The van der Waals surface area contributed by atoms with E-state index < -0.39 is 17.6 Å². The number of alkyl halides is 3. The van der Waals surface area contributed by atoms with E-state index in [2.05, 4.69) is 15.6 Å². The van der Waals surface area contributed by atoms with E-state index in [0.717, 1.165) is 17.7 Å². The van der Waals surface area contributed by atoms with Crippen molar-refractivity contribution in [3.8, 4) is 17.0 Å². The number of nitrogens with one attached hydrogen (secondary N) is 2. The van der Waals surface area contributed by atoms with Gasteiger partial charge in [-0.2, -0.15) is 13.2 Å². The number of halogens is 4. The molecule has 0 unspecified atom stereocenters. The summed E-state index contributed by atoms with van der Waals surface area (Å²) < 4.78 is 44.9. The maximum atomic E-state index is 13.3. The molecule has 184 valence electrons. The molecule has 4 rings (SSSR count). The molecule has 2 N–H and O–H groups in total. The van der Waals surface area contributed by atoms with Gasteiger partial charge in [0.15, 0.2) is 0 Å². The first-order valence-electron chi connectivity index (χ1n) is 10.8. The van der Waals surface area contributed by atoms with Crippen molar-refractivity contribution in [2.45, 2.75) is 12.7 Å². The maximum Gasteiger partial charge on any atom is 0.416 e. The van der Waals surface area contributed by atoms with Crippen molar-refractivity contribution >= 4 is 28.9 Å². The standard InChI is InChI=1S/C27H21ClF3N3O2/c1-36-21-14-19(27(29,30)31)13-20(15-21)34-26(35)22-10-9-18(25-23(28)8-5-11-32-25)12-24(22)33-16-17-6-3-2-4-7-17/h2-15,33H,16H2,1H3,(H,34,35). The molecule has 0 bridgehead atoms. The molecule has 0 radical (unpaired) electrons. The SMILES string of the molecule is COc1cc(NC(=O)c2ccc(-c3ncccc3Cl)cc2NCc2ccccc2)cc(C(F)(F)F)c1. The van der Waals surface area contributed by atoms with Gasteiger partial charge in [-0.05, 0) is 42.0 Å². The topological polar surface area (TPSA) is 63.2 Å². The minimum absolute atomic E-state index is 0.0253. The molecular formula is C27H21ClF3N3O2. The van der Waals surface area contributed by atoms with E-state index in [1.165, 1.54) is 13.2 Å². The number of hydrogen-bond acceptors (Lipinski definition) is 4. The van der Waals surface area contributed by atoms with Gasteiger partial charge in [-0.3, -0.25) is 9.78 Å². The molecule has 3 aromatic carbocycles. The highest BCUT2D eigenvalue weighted by molar-refractivity contribution is 6.33. The van der Waals surface area contributed by atoms with Gasteiger partial charge in [0.05, 0.1) is 29.0 Å². The molecule has 5 nitrogen and oxygen atoms in total. The number of nitrogens with zero attached hydrogens (tertiary/aromatic N) is 1. The minimum atomic E-state index is -4.60. The van der Waals surface area contributed by atoms with Gasteiger partial charge in [0.2, 0.25) is 0 Å². The number of amides is 1. The lowest BCUT2D eigenvalue weighted by Gasteiger charge is -2.16. The van der Waals surface area contributed by atoms with Crippen molar-refractivity contribution < 1.29 is 22.7 Å². The van der Waals surface area contributed by atoms with Crippen LogP contribution in [0.25, 0.3) is 11.3 Å². The first kappa shape index (κ1) is 25.1. The Morgan fingerprint density at radius 3 is 2.47 bits per heavy atom. The summed E-state index contributed by atoms with van der Waals surface area (Å²) in [6, 6.07) is 21.0. The van der Waals surface area contributed by atoms with Crippen LogP contribution >= 0.6 is 11.6 Å². The predicted octanol–water partition coefficient (Wildman–Crippen LogP) is 7.29. The largest absolute Gasteiger partial charge is 0.497 e. The zero-order chi connectivity index (χ0) is 25.7. The summed E-state index contributed by atoms with van der Waals surface area (Å²) in [5.41, 5.74) is 1.92. The summed E-state index contributed by atoms with van der Waals surface area (Å²) in [5.74, 6) is -0.617. The van der Waals surface area contributed by atoms with E-state index in [0.29, 0.717) is 28.5 Å². The molecule has 0 saturated heterocycles. The van der Waals surface area contributed by atoms with Gasteiger partial charge in [-0.15, -0.1) is 0 Å². The van der Waals surface area contributed by atoms with Crippen LogP contribution in [-0.2, 0) is 12.7 Å². The van der Waals surface area contributed by atoms with Crippen LogP contribution in [-0.4, -0.2) is 18.0 Å².